The smallest absolute Gasteiger partial charge is 0.656 e. The van der Waals surface area contributed by atoms with Crippen molar-refractivity contribution >= 4 is 43.7 Å². The zero-order valence-corrected chi connectivity index (χ0v) is 32.4. The van der Waals surface area contributed by atoms with E-state index in [4.69, 9.17) is 24.9 Å². The van der Waals surface area contributed by atoms with Gasteiger partial charge in [-0.3, -0.25) is 4.98 Å². The first-order valence-electron chi connectivity index (χ1n) is 17.9. The summed E-state index contributed by atoms with van der Waals surface area (Å²) in [6.45, 7) is 2.16. The molecule has 6 aromatic carbocycles. The summed E-state index contributed by atoms with van der Waals surface area (Å²) in [4.78, 5) is 27.3. The molecule has 0 saturated carbocycles. The number of rotatable bonds is 2. The molecule has 3 aromatic heterocycles. The Hall–Kier alpha value is -6.49. The Balaban J connectivity index is 0.00000361. The number of aryl methyl sites for hydroxylation is 1. The Kier molecular flexibility index (Phi) is 7.50. The van der Waals surface area contributed by atoms with Crippen molar-refractivity contribution in [2.75, 3.05) is 0 Å². The van der Waals surface area contributed by atoms with Crippen LogP contribution in [0.4, 0.5) is 0 Å². The van der Waals surface area contributed by atoms with Gasteiger partial charge in [0.2, 0.25) is 0 Å². The second-order valence-corrected chi connectivity index (χ2v) is 13.6. The second kappa shape index (κ2) is 12.6. The van der Waals surface area contributed by atoms with Crippen LogP contribution < -0.4 is 9.97 Å². The van der Waals surface area contributed by atoms with Crippen LogP contribution in [0, 0.1) is 6.92 Å². The zero-order valence-electron chi connectivity index (χ0n) is 29.5. The van der Waals surface area contributed by atoms with Crippen LogP contribution >= 0.6 is 0 Å². The summed E-state index contributed by atoms with van der Waals surface area (Å²) in [7, 11) is 0. The van der Waals surface area contributed by atoms with E-state index in [0.29, 0.717) is 11.5 Å². The van der Waals surface area contributed by atoms with Crippen LogP contribution in [0.1, 0.15) is 5.56 Å². The van der Waals surface area contributed by atoms with Gasteiger partial charge in [-0.2, -0.15) is 0 Å². The topological polar surface area (TPSA) is 66.9 Å². The van der Waals surface area contributed by atoms with E-state index >= 15 is 0 Å². The molecule has 11 rings (SSSR count). The van der Waals surface area contributed by atoms with Crippen LogP contribution in [0.25, 0.3) is 111 Å². The van der Waals surface area contributed by atoms with Crippen LogP contribution in [-0.2, 0) is 19.5 Å². The molecule has 0 saturated heterocycles. The molecule has 5 nitrogen and oxygen atoms in total. The molecule has 0 radical (unpaired) electrons. The monoisotopic (exact) mass is 739 g/mol. The third-order valence-electron chi connectivity index (χ3n) is 10.6. The van der Waals surface area contributed by atoms with Crippen molar-refractivity contribution < 1.29 is 19.5 Å². The van der Waals surface area contributed by atoms with Gasteiger partial charge in [-0.05, 0) is 61.9 Å². The Morgan fingerprint density at radius 2 is 0.796 bits per heavy atom. The summed E-state index contributed by atoms with van der Waals surface area (Å²) >= 11 is 0. The van der Waals surface area contributed by atoms with Crippen LogP contribution in [-0.4, -0.2) is 15.0 Å². The van der Waals surface area contributed by atoms with Gasteiger partial charge in [-0.15, -0.1) is 11.0 Å². The van der Waals surface area contributed by atoms with Gasteiger partial charge in [-0.25, -0.2) is 4.98 Å². The molecule has 0 N–H and O–H groups in total. The molecule has 0 unspecified atom stereocenters. The molecule has 0 fully saturated rings. The summed E-state index contributed by atoms with van der Waals surface area (Å²) in [5.74, 6) is 0.630. The van der Waals surface area contributed by atoms with Crippen molar-refractivity contribution in [3.05, 3.63) is 163 Å². The van der Waals surface area contributed by atoms with Crippen LogP contribution in [0.3, 0.4) is 0 Å². The summed E-state index contributed by atoms with van der Waals surface area (Å²) in [5.41, 5.74) is 15.1. The van der Waals surface area contributed by atoms with E-state index in [0.717, 1.165) is 105 Å². The molecule has 6 heteroatoms. The summed E-state index contributed by atoms with van der Waals surface area (Å²) < 4.78 is 0. The molecule has 54 heavy (non-hydrogen) atoms. The SMILES string of the molecule is Cc1c2nc(c(-c3ccccc3)c3[n-]c(nc4nc(c(-c5ccccc5)c5[n-]c1c1ccccc51)-c1ccccc1-4)c1ccccc31)-c1ccccc1-2.[Zn+2]. The number of nitrogens with zero attached hydrogens (tertiary/aromatic N) is 5. The van der Waals surface area contributed by atoms with Gasteiger partial charge in [0.25, 0.3) is 0 Å². The fourth-order valence-corrected chi connectivity index (χ4v) is 8.18. The van der Waals surface area contributed by atoms with Crippen LogP contribution in [0.2, 0.25) is 0 Å². The molecule has 0 atom stereocenters. The van der Waals surface area contributed by atoms with Crippen molar-refractivity contribution in [1.82, 2.24) is 24.9 Å². The number of hydrogen-bond donors (Lipinski definition) is 0. The predicted molar refractivity (Wildman–Crippen MR) is 216 cm³/mol. The molecule has 0 aliphatic carbocycles. The van der Waals surface area contributed by atoms with Gasteiger partial charge in [0.15, 0.2) is 0 Å². The number of benzene rings is 6. The van der Waals surface area contributed by atoms with Gasteiger partial charge in [0.05, 0.1) is 22.9 Å². The molecule has 0 spiro atoms. The Labute approximate surface area is 324 Å². The molecular weight excluding hydrogens is 712 g/mol. The molecule has 5 heterocycles. The maximum Gasteiger partial charge on any atom is 2.00 e. The van der Waals surface area contributed by atoms with E-state index in [1.165, 1.54) is 0 Å². The number of aromatic nitrogens is 5. The molecule has 9 aromatic rings. The first-order valence-corrected chi connectivity index (χ1v) is 17.9. The minimum Gasteiger partial charge on any atom is -0.656 e. The fraction of sp³-hybridized carbons (Fsp3) is 0.0208. The third kappa shape index (κ3) is 4.77. The maximum atomic E-state index is 5.57. The number of fused-ring (bicyclic) bond motifs is 20. The van der Waals surface area contributed by atoms with E-state index in [9.17, 15) is 0 Å². The van der Waals surface area contributed by atoms with Crippen molar-refractivity contribution in [2.45, 2.75) is 6.92 Å². The normalized spacial score (nSPS) is 11.6. The van der Waals surface area contributed by atoms with Crippen molar-refractivity contribution in [1.29, 1.82) is 0 Å². The van der Waals surface area contributed by atoms with Crippen molar-refractivity contribution in [2.24, 2.45) is 0 Å². The number of hydrogen-bond acceptors (Lipinski definition) is 3. The van der Waals surface area contributed by atoms with Gasteiger partial charge in [0.1, 0.15) is 0 Å². The molecule has 248 valence electrons. The second-order valence-electron chi connectivity index (χ2n) is 13.6. The maximum absolute atomic E-state index is 5.57. The van der Waals surface area contributed by atoms with Crippen LogP contribution in [0.15, 0.2) is 158 Å². The predicted octanol–water partition coefficient (Wildman–Crippen LogP) is 11.6. The Morgan fingerprint density at radius 3 is 1.41 bits per heavy atom. The summed E-state index contributed by atoms with van der Waals surface area (Å²) in [6.07, 6.45) is 0. The standard InChI is InChI=1S/C48H29N5.Zn/c1-28-41-31-20-8-10-22-33(31)43(49-41)39(29-16-4-2-5-17-29)45-35-24-12-14-26-37(35)47(51-45)53-48-38-27-15-13-25-36(38)46(52-48)40(30-18-6-3-7-19-30)44-34-23-11-9-21-32(34)42(28)50-44;/h2-27H,1H3;/q-2;+2. The van der Waals surface area contributed by atoms with Gasteiger partial charge < -0.3 is 15.0 Å². The van der Waals surface area contributed by atoms with Gasteiger partial charge in [0, 0.05) is 27.8 Å². The Bertz CT molecular complexity index is 3090. The van der Waals surface area contributed by atoms with Crippen LogP contribution in [0.5, 0.6) is 0 Å². The minimum absolute atomic E-state index is 0. The molecule has 8 bridgehead atoms. The van der Waals surface area contributed by atoms with E-state index in [1.54, 1.807) is 0 Å². The molecule has 0 amide bonds. The summed E-state index contributed by atoms with van der Waals surface area (Å²) in [5, 5.41) is 4.13. The van der Waals surface area contributed by atoms with E-state index in [-0.39, 0.29) is 19.5 Å². The minimum atomic E-state index is 0. The van der Waals surface area contributed by atoms with E-state index in [1.807, 2.05) is 12.1 Å². The van der Waals surface area contributed by atoms with Gasteiger partial charge in [-0.1, -0.05) is 158 Å². The summed E-state index contributed by atoms with van der Waals surface area (Å²) in [6, 6.07) is 54.8. The third-order valence-corrected chi connectivity index (χ3v) is 10.6. The van der Waals surface area contributed by atoms with Crippen molar-refractivity contribution in [3.8, 4) is 67.4 Å². The molecule has 2 aliphatic heterocycles. The first-order chi connectivity index (χ1) is 26.2. The zero-order chi connectivity index (χ0) is 35.0. The largest absolute Gasteiger partial charge is 2.00 e. The van der Waals surface area contributed by atoms with Crippen molar-refractivity contribution in [3.63, 3.8) is 0 Å². The fourth-order valence-electron chi connectivity index (χ4n) is 8.18. The van der Waals surface area contributed by atoms with Gasteiger partial charge >= 0.3 is 19.5 Å². The first kappa shape index (κ1) is 32.2. The average Bonchev–Trinajstić information content (AvgIpc) is 3.98. The average molecular weight is 741 g/mol. The molecule has 2 aliphatic rings. The Morgan fingerprint density at radius 1 is 0.370 bits per heavy atom. The molecular formula is C48H29N5Zn. The van der Waals surface area contributed by atoms with E-state index < -0.39 is 0 Å². The van der Waals surface area contributed by atoms with E-state index in [2.05, 4.69) is 153 Å². The quantitative estimate of drug-likeness (QED) is 0.165.